The van der Waals surface area contributed by atoms with E-state index in [-0.39, 0.29) is 6.29 Å². The maximum atomic E-state index is 5.65. The van der Waals surface area contributed by atoms with Crippen molar-refractivity contribution in [3.05, 3.63) is 0 Å². The molecule has 100 valence electrons. The molecule has 2 aliphatic heterocycles. The van der Waals surface area contributed by atoms with E-state index < -0.39 is 0 Å². The molecule has 2 saturated heterocycles. The van der Waals surface area contributed by atoms with E-state index in [0.717, 1.165) is 38.9 Å². The minimum Gasteiger partial charge on any atom is -0.370 e. The number of rotatable bonds is 9. The lowest BCUT2D eigenvalue weighted by molar-refractivity contribution is -0.111. The smallest absolute Gasteiger partial charge is 0.157 e. The molecule has 3 nitrogen and oxygen atoms in total. The summed E-state index contributed by atoms with van der Waals surface area (Å²) >= 11 is 0. The van der Waals surface area contributed by atoms with Gasteiger partial charge in [-0.15, -0.1) is 0 Å². The first kappa shape index (κ1) is 13.3. The molecule has 0 aromatic rings. The van der Waals surface area contributed by atoms with Gasteiger partial charge in [0, 0.05) is 19.6 Å². The number of hydrogen-bond donors (Lipinski definition) is 0. The van der Waals surface area contributed by atoms with Crippen molar-refractivity contribution < 1.29 is 14.2 Å². The van der Waals surface area contributed by atoms with E-state index in [1.165, 1.54) is 25.7 Å². The Morgan fingerprint density at radius 3 is 2.65 bits per heavy atom. The molecule has 0 radical (unpaired) electrons. The van der Waals surface area contributed by atoms with Crippen LogP contribution in [0.5, 0.6) is 0 Å². The predicted molar refractivity (Wildman–Crippen MR) is 67.0 cm³/mol. The molecule has 0 saturated carbocycles. The summed E-state index contributed by atoms with van der Waals surface area (Å²) in [6, 6.07) is 0. The molecule has 3 heteroatoms. The average Bonchev–Trinajstić information content (AvgIpc) is 2.87. The van der Waals surface area contributed by atoms with E-state index in [4.69, 9.17) is 14.2 Å². The fourth-order valence-corrected chi connectivity index (χ4v) is 2.46. The van der Waals surface area contributed by atoms with Gasteiger partial charge in [-0.05, 0) is 25.7 Å². The molecule has 0 spiro atoms. The molecule has 0 N–H and O–H groups in total. The van der Waals surface area contributed by atoms with Gasteiger partial charge in [-0.1, -0.05) is 26.2 Å². The van der Waals surface area contributed by atoms with Crippen LogP contribution < -0.4 is 0 Å². The minimum absolute atomic E-state index is 0.0791. The first-order valence-corrected chi connectivity index (χ1v) is 7.29. The molecule has 17 heavy (non-hydrogen) atoms. The highest BCUT2D eigenvalue weighted by Crippen LogP contribution is 2.31. The van der Waals surface area contributed by atoms with Crippen LogP contribution in [0.15, 0.2) is 0 Å². The lowest BCUT2D eigenvalue weighted by Crippen LogP contribution is -2.11. The van der Waals surface area contributed by atoms with Crippen molar-refractivity contribution in [3.63, 3.8) is 0 Å². The molecule has 0 bridgehead atoms. The van der Waals surface area contributed by atoms with Crippen LogP contribution in [0.2, 0.25) is 0 Å². The standard InChI is InChI=1S/C14H26O3/c1-2-3-4-7-12-13(17-12)8-5-10-15-14-9-6-11-16-14/h12-14H,2-11H2,1H3. The molecule has 0 aromatic heterocycles. The van der Waals surface area contributed by atoms with Gasteiger partial charge in [0.1, 0.15) is 0 Å². The SMILES string of the molecule is CCCCCC1OC1CCCOC1CCCO1. The van der Waals surface area contributed by atoms with Crippen LogP contribution in [0.3, 0.4) is 0 Å². The lowest BCUT2D eigenvalue weighted by atomic mass is 10.1. The van der Waals surface area contributed by atoms with Crippen LogP contribution in [0.1, 0.15) is 58.3 Å². The molecule has 3 atom stereocenters. The Morgan fingerprint density at radius 2 is 1.94 bits per heavy atom. The molecule has 2 fully saturated rings. The number of ether oxygens (including phenoxy) is 3. The Bertz CT molecular complexity index is 202. The van der Waals surface area contributed by atoms with Crippen LogP contribution in [-0.4, -0.2) is 31.7 Å². The molecule has 2 aliphatic rings. The van der Waals surface area contributed by atoms with Crippen LogP contribution in [0.25, 0.3) is 0 Å². The topological polar surface area (TPSA) is 31.0 Å². The first-order valence-electron chi connectivity index (χ1n) is 7.29. The van der Waals surface area contributed by atoms with Crippen molar-refractivity contribution >= 4 is 0 Å². The summed E-state index contributed by atoms with van der Waals surface area (Å²) in [4.78, 5) is 0. The molecule has 0 aliphatic carbocycles. The van der Waals surface area contributed by atoms with Gasteiger partial charge in [-0.2, -0.15) is 0 Å². The summed E-state index contributed by atoms with van der Waals surface area (Å²) in [7, 11) is 0. The zero-order valence-electron chi connectivity index (χ0n) is 11.0. The zero-order valence-corrected chi connectivity index (χ0v) is 11.0. The molecule has 0 amide bonds. The van der Waals surface area contributed by atoms with E-state index in [9.17, 15) is 0 Å². The highest BCUT2D eigenvalue weighted by Gasteiger charge is 2.36. The highest BCUT2D eigenvalue weighted by atomic mass is 16.7. The van der Waals surface area contributed by atoms with E-state index in [1.54, 1.807) is 0 Å². The maximum absolute atomic E-state index is 5.65. The van der Waals surface area contributed by atoms with Crippen molar-refractivity contribution in [3.8, 4) is 0 Å². The van der Waals surface area contributed by atoms with Crippen LogP contribution in [0.4, 0.5) is 0 Å². The molecule has 2 rings (SSSR count). The van der Waals surface area contributed by atoms with E-state index in [2.05, 4.69) is 6.92 Å². The Morgan fingerprint density at radius 1 is 1.12 bits per heavy atom. The van der Waals surface area contributed by atoms with Gasteiger partial charge in [0.15, 0.2) is 6.29 Å². The van der Waals surface area contributed by atoms with Crippen molar-refractivity contribution in [1.29, 1.82) is 0 Å². The zero-order chi connectivity index (χ0) is 11.9. The first-order chi connectivity index (χ1) is 8.40. The predicted octanol–water partition coefficient (Wildman–Crippen LogP) is 3.27. The van der Waals surface area contributed by atoms with Crippen molar-refractivity contribution in [2.24, 2.45) is 0 Å². The van der Waals surface area contributed by atoms with Crippen LogP contribution >= 0.6 is 0 Å². The summed E-state index contributed by atoms with van der Waals surface area (Å²) in [5.41, 5.74) is 0. The van der Waals surface area contributed by atoms with Gasteiger partial charge in [-0.3, -0.25) is 0 Å². The Kier molecular flexibility index (Phi) is 5.75. The quantitative estimate of drug-likeness (QED) is 0.459. The fourth-order valence-electron chi connectivity index (χ4n) is 2.46. The lowest BCUT2D eigenvalue weighted by Gasteiger charge is -2.09. The normalized spacial score (nSPS) is 31.9. The second kappa shape index (κ2) is 7.34. The van der Waals surface area contributed by atoms with Crippen LogP contribution in [0, 0.1) is 0 Å². The fraction of sp³-hybridized carbons (Fsp3) is 1.00. The second-order valence-corrected chi connectivity index (χ2v) is 5.16. The molecular formula is C14H26O3. The third-order valence-electron chi connectivity index (χ3n) is 3.60. The van der Waals surface area contributed by atoms with Crippen molar-refractivity contribution in [1.82, 2.24) is 0 Å². The van der Waals surface area contributed by atoms with Crippen LogP contribution in [-0.2, 0) is 14.2 Å². The average molecular weight is 242 g/mol. The van der Waals surface area contributed by atoms with Gasteiger partial charge in [0.05, 0.1) is 12.2 Å². The Balaban J connectivity index is 1.39. The Hall–Kier alpha value is -0.120. The van der Waals surface area contributed by atoms with Gasteiger partial charge in [0.2, 0.25) is 0 Å². The van der Waals surface area contributed by atoms with Crippen molar-refractivity contribution in [2.45, 2.75) is 76.8 Å². The van der Waals surface area contributed by atoms with E-state index in [1.807, 2.05) is 0 Å². The van der Waals surface area contributed by atoms with Crippen molar-refractivity contribution in [2.75, 3.05) is 13.2 Å². The molecule has 0 aromatic carbocycles. The van der Waals surface area contributed by atoms with E-state index >= 15 is 0 Å². The summed E-state index contributed by atoms with van der Waals surface area (Å²) < 4.78 is 16.7. The minimum atomic E-state index is 0.0791. The largest absolute Gasteiger partial charge is 0.370 e. The number of hydrogen-bond acceptors (Lipinski definition) is 3. The molecule has 3 unspecified atom stereocenters. The van der Waals surface area contributed by atoms with Gasteiger partial charge < -0.3 is 14.2 Å². The molecular weight excluding hydrogens is 216 g/mol. The van der Waals surface area contributed by atoms with Gasteiger partial charge >= 0.3 is 0 Å². The highest BCUT2D eigenvalue weighted by molar-refractivity contribution is 4.84. The van der Waals surface area contributed by atoms with E-state index in [0.29, 0.717) is 12.2 Å². The monoisotopic (exact) mass is 242 g/mol. The number of epoxide rings is 1. The van der Waals surface area contributed by atoms with Gasteiger partial charge in [0.25, 0.3) is 0 Å². The third kappa shape index (κ3) is 4.94. The summed E-state index contributed by atoms with van der Waals surface area (Å²) in [5.74, 6) is 0. The number of unbranched alkanes of at least 4 members (excludes halogenated alkanes) is 2. The summed E-state index contributed by atoms with van der Waals surface area (Å²) in [6.07, 6.45) is 10.9. The second-order valence-electron chi connectivity index (χ2n) is 5.16. The summed E-state index contributed by atoms with van der Waals surface area (Å²) in [5, 5.41) is 0. The summed E-state index contributed by atoms with van der Waals surface area (Å²) in [6.45, 7) is 3.94. The Labute approximate surface area is 105 Å². The molecule has 2 heterocycles. The third-order valence-corrected chi connectivity index (χ3v) is 3.60. The maximum Gasteiger partial charge on any atom is 0.157 e. The van der Waals surface area contributed by atoms with Gasteiger partial charge in [-0.25, -0.2) is 0 Å².